The lowest BCUT2D eigenvalue weighted by Gasteiger charge is -2.38. The van der Waals surface area contributed by atoms with Gasteiger partial charge in [0.2, 0.25) is 0 Å². The van der Waals surface area contributed by atoms with Crippen LogP contribution < -0.4 is 0 Å². The smallest absolute Gasteiger partial charge is 0.399 e. The fourth-order valence-corrected chi connectivity index (χ4v) is 2.56. The molecule has 1 N–H and O–H groups in total. The Bertz CT molecular complexity index is 631. The van der Waals surface area contributed by atoms with Gasteiger partial charge in [-0.3, -0.25) is 4.79 Å². The molecule has 2 atom stereocenters. The Balaban J connectivity index is 2.47. The second-order valence-corrected chi connectivity index (χ2v) is 5.29. The van der Waals surface area contributed by atoms with Crippen molar-refractivity contribution in [3.05, 3.63) is 53.9 Å². The zero-order chi connectivity index (χ0) is 16.5. The van der Waals surface area contributed by atoms with Crippen molar-refractivity contribution in [2.45, 2.75) is 19.5 Å². The molecule has 1 aliphatic carbocycles. The summed E-state index contributed by atoms with van der Waals surface area (Å²) >= 11 is 0. The fourth-order valence-electron chi connectivity index (χ4n) is 2.56. The molecule has 0 saturated heterocycles. The molecular weight excluding hydrogens is 300 g/mol. The molecule has 6 heteroatoms. The molecule has 2 nitrogen and oxygen atoms in total. The van der Waals surface area contributed by atoms with E-state index in [2.05, 4.69) is 0 Å². The molecule has 0 fully saturated rings. The maximum atomic E-state index is 14.3. The number of carboxylic acid groups (broad SMARTS) is 1. The van der Waals surface area contributed by atoms with Crippen molar-refractivity contribution in [1.29, 1.82) is 0 Å². The summed E-state index contributed by atoms with van der Waals surface area (Å²) in [4.78, 5) is 11.0. The molecule has 0 bridgehead atoms. The molecule has 0 heterocycles. The summed E-state index contributed by atoms with van der Waals surface area (Å²) in [5.41, 5.74) is -2.23. The quantitative estimate of drug-likeness (QED) is 0.828. The number of alkyl halides is 3. The molecule has 1 aromatic carbocycles. The van der Waals surface area contributed by atoms with E-state index < -0.39 is 35.7 Å². The van der Waals surface area contributed by atoms with E-state index >= 15 is 0 Å². The predicted octanol–water partition coefficient (Wildman–Crippen LogP) is 4.60. The first-order valence-corrected chi connectivity index (χ1v) is 6.62. The van der Waals surface area contributed by atoms with Crippen molar-refractivity contribution < 1.29 is 27.5 Å². The Morgan fingerprint density at radius 1 is 1.27 bits per heavy atom. The van der Waals surface area contributed by atoms with Crippen molar-refractivity contribution in [1.82, 2.24) is 0 Å². The van der Waals surface area contributed by atoms with Crippen LogP contribution in [0.25, 0.3) is 5.57 Å². The zero-order valence-electron chi connectivity index (χ0n) is 11.7. The van der Waals surface area contributed by atoms with Gasteiger partial charge in [-0.2, -0.15) is 13.2 Å². The lowest BCUT2D eigenvalue weighted by Crippen LogP contribution is -2.46. The van der Waals surface area contributed by atoms with Crippen molar-refractivity contribution in [2.75, 3.05) is 0 Å². The predicted molar refractivity (Wildman–Crippen MR) is 73.5 cm³/mol. The molecule has 0 aromatic heterocycles. The topological polar surface area (TPSA) is 37.3 Å². The van der Waals surface area contributed by atoms with E-state index in [9.17, 15) is 22.4 Å². The summed E-state index contributed by atoms with van der Waals surface area (Å²) in [6, 6.07) is 8.17. The first kappa shape index (κ1) is 16.3. The maximum absolute atomic E-state index is 14.3. The Hall–Kier alpha value is -2.11. The average Bonchev–Trinajstić information content (AvgIpc) is 2.45. The maximum Gasteiger partial charge on any atom is 0.399 e. The molecule has 0 aliphatic heterocycles. The number of hydrogen-bond donors (Lipinski definition) is 1. The number of carboxylic acids is 1. The summed E-state index contributed by atoms with van der Waals surface area (Å²) in [6.45, 7) is 0.945. The van der Waals surface area contributed by atoms with E-state index in [1.54, 1.807) is 30.3 Å². The number of aliphatic carboxylic acids is 1. The molecule has 0 saturated carbocycles. The van der Waals surface area contributed by atoms with Gasteiger partial charge in [-0.15, -0.1) is 0 Å². The van der Waals surface area contributed by atoms with Crippen LogP contribution in [0.15, 0.2) is 48.3 Å². The van der Waals surface area contributed by atoms with Crippen molar-refractivity contribution in [3.8, 4) is 0 Å². The van der Waals surface area contributed by atoms with Crippen LogP contribution in [-0.2, 0) is 4.79 Å². The monoisotopic (exact) mass is 314 g/mol. The Kier molecular flexibility index (Phi) is 4.13. The molecule has 118 valence electrons. The largest absolute Gasteiger partial charge is 0.481 e. The molecule has 2 rings (SSSR count). The Labute approximate surface area is 124 Å². The fraction of sp³-hybridized carbons (Fsp3) is 0.312. The van der Waals surface area contributed by atoms with Gasteiger partial charge in [0.15, 0.2) is 0 Å². The minimum atomic E-state index is -4.86. The highest BCUT2D eigenvalue weighted by atomic mass is 19.4. The first-order valence-electron chi connectivity index (χ1n) is 6.62. The highest BCUT2D eigenvalue weighted by Gasteiger charge is 2.59. The highest BCUT2D eigenvalue weighted by Crippen LogP contribution is 2.53. The van der Waals surface area contributed by atoms with Gasteiger partial charge in [0.05, 0.1) is 5.92 Å². The van der Waals surface area contributed by atoms with Crippen LogP contribution in [0.5, 0.6) is 0 Å². The minimum Gasteiger partial charge on any atom is -0.481 e. The molecular formula is C16H14F4O2. The van der Waals surface area contributed by atoms with Gasteiger partial charge in [-0.05, 0) is 5.56 Å². The van der Waals surface area contributed by atoms with Gasteiger partial charge < -0.3 is 5.11 Å². The molecule has 22 heavy (non-hydrogen) atoms. The van der Waals surface area contributed by atoms with Crippen LogP contribution in [0.4, 0.5) is 17.6 Å². The van der Waals surface area contributed by atoms with E-state index in [4.69, 9.17) is 5.11 Å². The molecule has 1 aromatic rings. The summed E-state index contributed by atoms with van der Waals surface area (Å²) in [6.07, 6.45) is -4.07. The van der Waals surface area contributed by atoms with Crippen molar-refractivity contribution >= 4 is 11.5 Å². The summed E-state index contributed by atoms with van der Waals surface area (Å²) in [5.74, 6) is -4.36. The lowest BCUT2D eigenvalue weighted by molar-refractivity contribution is -0.226. The van der Waals surface area contributed by atoms with Crippen molar-refractivity contribution in [3.63, 3.8) is 0 Å². The van der Waals surface area contributed by atoms with E-state index in [-0.39, 0.29) is 5.57 Å². The number of benzene rings is 1. The minimum absolute atomic E-state index is 0.0538. The Morgan fingerprint density at radius 2 is 1.86 bits per heavy atom. The second kappa shape index (κ2) is 5.59. The van der Waals surface area contributed by atoms with Gasteiger partial charge in [0.1, 0.15) is 11.2 Å². The van der Waals surface area contributed by atoms with Crippen LogP contribution in [0.2, 0.25) is 0 Å². The van der Waals surface area contributed by atoms with Crippen LogP contribution >= 0.6 is 0 Å². The van der Waals surface area contributed by atoms with Crippen LogP contribution in [-0.4, -0.2) is 17.3 Å². The van der Waals surface area contributed by atoms with Crippen molar-refractivity contribution in [2.24, 2.45) is 11.3 Å². The SMILES string of the molecule is CC(C(=O)O)C1(C(F)(F)F)C=CC(c2ccccc2)=C(F)C1. The van der Waals surface area contributed by atoms with Crippen LogP contribution in [0.3, 0.4) is 0 Å². The van der Waals surface area contributed by atoms with Gasteiger partial charge in [-0.1, -0.05) is 49.4 Å². The third-order valence-electron chi connectivity index (χ3n) is 4.04. The number of halogens is 4. The third-order valence-corrected chi connectivity index (χ3v) is 4.04. The van der Waals surface area contributed by atoms with E-state index in [1.807, 2.05) is 0 Å². The first-order chi connectivity index (χ1) is 10.2. The van der Waals surface area contributed by atoms with E-state index in [0.717, 1.165) is 19.1 Å². The third kappa shape index (κ3) is 2.65. The van der Waals surface area contributed by atoms with Crippen LogP contribution in [0, 0.1) is 11.3 Å². The molecule has 2 unspecified atom stereocenters. The van der Waals surface area contributed by atoms with Gasteiger partial charge in [-0.25, -0.2) is 4.39 Å². The van der Waals surface area contributed by atoms with E-state index in [1.165, 1.54) is 0 Å². The van der Waals surface area contributed by atoms with E-state index in [0.29, 0.717) is 5.56 Å². The Morgan fingerprint density at radius 3 is 2.32 bits per heavy atom. The summed E-state index contributed by atoms with van der Waals surface area (Å²) < 4.78 is 54.5. The summed E-state index contributed by atoms with van der Waals surface area (Å²) in [7, 11) is 0. The van der Waals surface area contributed by atoms with Gasteiger partial charge in [0.25, 0.3) is 0 Å². The number of allylic oxidation sites excluding steroid dienone is 4. The molecule has 0 amide bonds. The average molecular weight is 314 g/mol. The zero-order valence-corrected chi connectivity index (χ0v) is 11.7. The highest BCUT2D eigenvalue weighted by molar-refractivity contribution is 5.78. The van der Waals surface area contributed by atoms with Gasteiger partial charge in [0, 0.05) is 12.0 Å². The second-order valence-electron chi connectivity index (χ2n) is 5.29. The standard InChI is InChI=1S/C16H14F4O2/c1-10(14(21)22)15(16(18,19)20)8-7-12(13(17)9-15)11-5-3-2-4-6-11/h2-8,10H,9H2,1H3,(H,21,22). The number of hydrogen-bond acceptors (Lipinski definition) is 1. The normalized spacial score (nSPS) is 23.5. The summed E-state index contributed by atoms with van der Waals surface area (Å²) in [5, 5.41) is 8.96. The molecule has 0 spiro atoms. The molecule has 1 aliphatic rings. The number of rotatable bonds is 3. The molecule has 0 radical (unpaired) electrons. The van der Waals surface area contributed by atoms with Gasteiger partial charge >= 0.3 is 12.1 Å². The van der Waals surface area contributed by atoms with Crippen LogP contribution in [0.1, 0.15) is 18.9 Å². The number of carbonyl (C=O) groups is 1. The lowest BCUT2D eigenvalue weighted by atomic mass is 9.69.